The van der Waals surface area contributed by atoms with Gasteiger partial charge in [-0.2, -0.15) is 0 Å². The number of Topliss-reactive ketones (excluding diaryl/α,β-unsaturated/α-hetero) is 1. The molecule has 0 heterocycles. The maximum atomic E-state index is 13.2. The normalized spacial score (nSPS) is 58.0. The van der Waals surface area contributed by atoms with Gasteiger partial charge >= 0.3 is 0 Å². The van der Waals surface area contributed by atoms with Crippen LogP contribution in [-0.2, 0) is 4.79 Å². The lowest BCUT2D eigenvalue weighted by atomic mass is 9.37. The monoisotopic (exact) mass is 288 g/mol. The Hall–Kier alpha value is -0.330. The van der Waals surface area contributed by atoms with Crippen LogP contribution < -0.4 is 0 Å². The lowest BCUT2D eigenvalue weighted by molar-refractivity contribution is -0.188. The van der Waals surface area contributed by atoms with Crippen LogP contribution in [0.3, 0.4) is 0 Å². The third kappa shape index (κ3) is 1.30. The molecule has 0 N–H and O–H groups in total. The summed E-state index contributed by atoms with van der Waals surface area (Å²) in [7, 11) is 0. The van der Waals surface area contributed by atoms with E-state index < -0.39 is 0 Å². The summed E-state index contributed by atoms with van der Waals surface area (Å²) in [5.41, 5.74) is 1.17. The van der Waals surface area contributed by atoms with E-state index in [0.29, 0.717) is 22.0 Å². The Balaban J connectivity index is 1.89. The number of carbonyl (C=O) groups is 1. The molecule has 4 aliphatic rings. The number of hydrogen-bond donors (Lipinski definition) is 0. The van der Waals surface area contributed by atoms with E-state index in [0.717, 1.165) is 18.8 Å². The number of rotatable bonds is 0. The second-order valence-corrected chi connectivity index (χ2v) is 10.3. The van der Waals surface area contributed by atoms with Gasteiger partial charge in [-0.05, 0) is 67.1 Å². The van der Waals surface area contributed by atoms with E-state index in [-0.39, 0.29) is 10.8 Å². The van der Waals surface area contributed by atoms with Gasteiger partial charge in [-0.1, -0.05) is 41.0 Å². The van der Waals surface area contributed by atoms with Crippen molar-refractivity contribution in [2.24, 2.45) is 33.0 Å². The van der Waals surface area contributed by atoms with Crippen LogP contribution in [-0.4, -0.2) is 5.78 Å². The Bertz CT molecular complexity index is 520. The van der Waals surface area contributed by atoms with Gasteiger partial charge in [0, 0.05) is 10.8 Å². The van der Waals surface area contributed by atoms with Crippen molar-refractivity contribution in [1.82, 2.24) is 0 Å². The average molecular weight is 288 g/mol. The summed E-state index contributed by atoms with van der Waals surface area (Å²) >= 11 is 0. The zero-order chi connectivity index (χ0) is 15.3. The van der Waals surface area contributed by atoms with Crippen LogP contribution in [0.4, 0.5) is 0 Å². The highest BCUT2D eigenvalue weighted by Gasteiger charge is 2.77. The molecule has 0 amide bonds. The fraction of sp³-hybridized carbons (Fsp3) is 0.950. The molecule has 2 bridgehead atoms. The summed E-state index contributed by atoms with van der Waals surface area (Å²) in [6.07, 6.45) is 10.2. The van der Waals surface area contributed by atoms with Crippen LogP contribution in [0.2, 0.25) is 0 Å². The van der Waals surface area contributed by atoms with Crippen LogP contribution in [0.15, 0.2) is 0 Å². The molecule has 0 aliphatic heterocycles. The molecule has 21 heavy (non-hydrogen) atoms. The van der Waals surface area contributed by atoms with Gasteiger partial charge in [0.25, 0.3) is 0 Å². The molecule has 0 aromatic heterocycles. The molecule has 0 aromatic rings. The third-order valence-electron chi connectivity index (χ3n) is 9.16. The number of fused-ring (bicyclic) bond motifs is 2. The van der Waals surface area contributed by atoms with Gasteiger partial charge in [0.15, 0.2) is 0 Å². The first-order valence-electron chi connectivity index (χ1n) is 9.16. The summed E-state index contributed by atoms with van der Waals surface area (Å²) in [5, 5.41) is 0. The van der Waals surface area contributed by atoms with Gasteiger partial charge in [0.05, 0.1) is 0 Å². The molecule has 5 atom stereocenters. The number of ketones is 1. The molecule has 1 heteroatoms. The van der Waals surface area contributed by atoms with Gasteiger partial charge in [0.1, 0.15) is 5.78 Å². The van der Waals surface area contributed by atoms with E-state index in [1.54, 1.807) is 0 Å². The van der Waals surface area contributed by atoms with E-state index >= 15 is 0 Å². The zero-order valence-electron chi connectivity index (χ0n) is 14.6. The lowest BCUT2D eigenvalue weighted by Crippen LogP contribution is -2.61. The van der Waals surface area contributed by atoms with Crippen LogP contribution in [0.25, 0.3) is 0 Å². The fourth-order valence-corrected chi connectivity index (χ4v) is 8.19. The fourth-order valence-electron chi connectivity index (χ4n) is 8.19. The summed E-state index contributed by atoms with van der Waals surface area (Å²) in [4.78, 5) is 13.2. The van der Waals surface area contributed by atoms with E-state index in [2.05, 4.69) is 34.6 Å². The number of carbonyl (C=O) groups excluding carboxylic acids is 1. The van der Waals surface area contributed by atoms with E-state index in [4.69, 9.17) is 0 Å². The van der Waals surface area contributed by atoms with Crippen LogP contribution in [0.5, 0.6) is 0 Å². The summed E-state index contributed by atoms with van der Waals surface area (Å²) in [6, 6.07) is 0. The second kappa shape index (κ2) is 3.60. The topological polar surface area (TPSA) is 17.1 Å². The molecule has 0 saturated heterocycles. The Kier molecular flexibility index (Phi) is 2.44. The highest BCUT2D eigenvalue weighted by Crippen LogP contribution is 2.81. The highest BCUT2D eigenvalue weighted by molar-refractivity contribution is 5.94. The van der Waals surface area contributed by atoms with Gasteiger partial charge in [-0.25, -0.2) is 0 Å². The minimum atomic E-state index is -0.0152. The van der Waals surface area contributed by atoms with Crippen molar-refractivity contribution in [1.29, 1.82) is 0 Å². The van der Waals surface area contributed by atoms with E-state index in [1.807, 2.05) is 0 Å². The predicted molar refractivity (Wildman–Crippen MR) is 86.0 cm³/mol. The Morgan fingerprint density at radius 2 is 1.62 bits per heavy atom. The van der Waals surface area contributed by atoms with Crippen molar-refractivity contribution in [2.75, 3.05) is 0 Å². The molecular formula is C20H32O. The van der Waals surface area contributed by atoms with Crippen LogP contribution in [0, 0.1) is 33.0 Å². The highest BCUT2D eigenvalue weighted by atomic mass is 16.1. The van der Waals surface area contributed by atoms with Crippen molar-refractivity contribution < 1.29 is 4.79 Å². The molecule has 4 fully saturated rings. The molecule has 0 radical (unpaired) electrons. The zero-order valence-corrected chi connectivity index (χ0v) is 14.6. The Labute approximate surface area is 130 Å². The molecule has 4 saturated carbocycles. The lowest BCUT2D eigenvalue weighted by Gasteiger charge is -2.66. The molecule has 1 nitrogen and oxygen atoms in total. The predicted octanol–water partition coefficient (Wildman–Crippen LogP) is 5.38. The van der Waals surface area contributed by atoms with Gasteiger partial charge < -0.3 is 0 Å². The molecule has 0 aromatic carbocycles. The molecule has 0 unspecified atom stereocenters. The summed E-state index contributed by atoms with van der Waals surface area (Å²) < 4.78 is 0. The molecule has 118 valence electrons. The minimum Gasteiger partial charge on any atom is -0.298 e. The number of hydrogen-bond acceptors (Lipinski definition) is 1. The standard InChI is InChI=1S/C20H32O/c1-16(2)8-6-9-18(4)14(16)7-10-19(5)15(21)17(3)11-12-20(18,19)13-17/h14H,6-13H2,1-5H3/t14-,17-,18+,19+,20+/m1/s1. The summed E-state index contributed by atoms with van der Waals surface area (Å²) in [5.74, 6) is 1.45. The quantitative estimate of drug-likeness (QED) is 0.585. The van der Waals surface area contributed by atoms with Crippen LogP contribution in [0.1, 0.15) is 86.0 Å². The first kappa shape index (κ1) is 14.3. The van der Waals surface area contributed by atoms with Gasteiger partial charge in [0.2, 0.25) is 0 Å². The third-order valence-corrected chi connectivity index (χ3v) is 9.16. The first-order chi connectivity index (χ1) is 9.62. The van der Waals surface area contributed by atoms with Crippen molar-refractivity contribution in [3.63, 3.8) is 0 Å². The van der Waals surface area contributed by atoms with E-state index in [1.165, 1.54) is 38.5 Å². The molecule has 4 aliphatic carbocycles. The first-order valence-corrected chi connectivity index (χ1v) is 9.16. The van der Waals surface area contributed by atoms with Gasteiger partial charge in [-0.15, -0.1) is 0 Å². The van der Waals surface area contributed by atoms with Crippen molar-refractivity contribution in [3.05, 3.63) is 0 Å². The maximum Gasteiger partial charge on any atom is 0.145 e. The minimum absolute atomic E-state index is 0.00817. The SMILES string of the molecule is CC1(C)CCC[C@@]2(C)[C@@H]1CC[C@@]1(C)C(=O)[C@]3(C)CC[C@@]12C3. The Morgan fingerprint density at radius 1 is 0.905 bits per heavy atom. The van der Waals surface area contributed by atoms with Crippen molar-refractivity contribution in [3.8, 4) is 0 Å². The van der Waals surface area contributed by atoms with Gasteiger partial charge in [-0.3, -0.25) is 4.79 Å². The van der Waals surface area contributed by atoms with Crippen molar-refractivity contribution in [2.45, 2.75) is 86.0 Å². The molecule has 1 spiro atoms. The molecular weight excluding hydrogens is 256 g/mol. The van der Waals surface area contributed by atoms with E-state index in [9.17, 15) is 4.79 Å². The largest absolute Gasteiger partial charge is 0.298 e. The molecule has 4 rings (SSSR count). The second-order valence-electron chi connectivity index (χ2n) is 10.3. The van der Waals surface area contributed by atoms with Crippen LogP contribution >= 0.6 is 0 Å². The average Bonchev–Trinajstić information content (AvgIpc) is 2.82. The smallest absolute Gasteiger partial charge is 0.145 e. The summed E-state index contributed by atoms with van der Waals surface area (Å²) in [6.45, 7) is 12.2. The maximum absolute atomic E-state index is 13.2. The Morgan fingerprint density at radius 3 is 2.33 bits per heavy atom. The van der Waals surface area contributed by atoms with Crippen molar-refractivity contribution >= 4 is 5.78 Å².